The van der Waals surface area contributed by atoms with Crippen LogP contribution >= 0.6 is 22.7 Å². The summed E-state index contributed by atoms with van der Waals surface area (Å²) in [7, 11) is 0.549. The largest absolute Gasteiger partial charge is 0.458 e. The summed E-state index contributed by atoms with van der Waals surface area (Å²) in [5, 5.41) is 0. The van der Waals surface area contributed by atoms with Gasteiger partial charge in [-0.2, -0.15) is 0 Å². The van der Waals surface area contributed by atoms with E-state index < -0.39 is 7.87 Å². The second-order valence-electron chi connectivity index (χ2n) is 1.20. The molecule has 0 aliphatic rings. The van der Waals surface area contributed by atoms with Gasteiger partial charge in [-0.3, -0.25) is 0 Å². The fourth-order valence-corrected chi connectivity index (χ4v) is 1.23. The van der Waals surface area contributed by atoms with Gasteiger partial charge in [0.15, 0.2) is 0 Å². The Labute approximate surface area is 59.6 Å². The molecule has 0 N–H and O–H groups in total. The van der Waals surface area contributed by atoms with Gasteiger partial charge in [0.1, 0.15) is 0 Å². The van der Waals surface area contributed by atoms with Gasteiger partial charge in [0.2, 0.25) is 0 Å². The lowest BCUT2D eigenvalue weighted by Crippen LogP contribution is -2.35. The summed E-state index contributed by atoms with van der Waals surface area (Å²) in [4.78, 5) is 0. The van der Waals surface area contributed by atoms with Gasteiger partial charge in [-0.1, -0.05) is 11.1 Å². The maximum Gasteiger partial charge on any atom is 0.458 e. The predicted octanol–water partition coefficient (Wildman–Crippen LogP) is 1.23. The molecule has 0 bridgehead atoms. The molecule has 0 spiro atoms. The van der Waals surface area contributed by atoms with Crippen LogP contribution in [0.25, 0.3) is 0 Å². The quantitative estimate of drug-likeness (QED) is 0.365. The monoisotopic (exact) mass is 174 g/mol. The van der Waals surface area contributed by atoms with Crippen molar-refractivity contribution in [3.05, 3.63) is 0 Å². The normalized spacial score (nSPS) is 12.0. The maximum absolute atomic E-state index is 5.66. The highest BCUT2D eigenvalue weighted by Crippen LogP contribution is 2.11. The molecule has 5 heteroatoms. The zero-order chi connectivity index (χ0) is 6.62. The molecule has 0 radical (unpaired) electrons. The van der Waals surface area contributed by atoms with Gasteiger partial charge in [0.05, 0.1) is 5.50 Å². The van der Waals surface area contributed by atoms with E-state index in [1.165, 1.54) is 14.2 Å². The Morgan fingerprint density at radius 2 is 1.75 bits per heavy atom. The second-order valence-corrected chi connectivity index (χ2v) is 6.13. The summed E-state index contributed by atoms with van der Waals surface area (Å²) in [6.45, 7) is 0. The van der Waals surface area contributed by atoms with E-state index in [9.17, 15) is 0 Å². The Kier molecular flexibility index (Phi) is 4.02. The minimum absolute atomic E-state index is 0.252. The average Bonchev–Trinajstić information content (AvgIpc) is 1.87. The fourth-order valence-electron chi connectivity index (χ4n) is 0.192. The molecular weight excluding hydrogens is 167 g/mol. The van der Waals surface area contributed by atoms with Gasteiger partial charge in [-0.15, -0.1) is 11.6 Å². The highest BCUT2D eigenvalue weighted by atomic mass is 35.6. The first kappa shape index (κ1) is 8.72. The first-order valence-electron chi connectivity index (χ1n) is 2.03. The SMILES string of the molecule is CO[Si](Cl)(CCl)OC. The topological polar surface area (TPSA) is 18.5 Å². The van der Waals surface area contributed by atoms with E-state index in [1.54, 1.807) is 0 Å². The first-order chi connectivity index (χ1) is 3.68. The number of hydrogen-bond acceptors (Lipinski definition) is 2. The molecule has 0 heterocycles. The Bertz CT molecular complexity index is 58.0. The van der Waals surface area contributed by atoms with Crippen LogP contribution in [0, 0.1) is 0 Å². The van der Waals surface area contributed by atoms with Crippen molar-refractivity contribution < 1.29 is 8.85 Å². The molecule has 8 heavy (non-hydrogen) atoms. The number of rotatable bonds is 3. The van der Waals surface area contributed by atoms with Crippen LogP contribution < -0.4 is 0 Å². The average molecular weight is 175 g/mol. The van der Waals surface area contributed by atoms with E-state index >= 15 is 0 Å². The molecule has 50 valence electrons. The molecule has 0 aromatic heterocycles. The zero-order valence-electron chi connectivity index (χ0n) is 4.78. The molecule has 0 aliphatic heterocycles. The summed E-state index contributed by atoms with van der Waals surface area (Å²) in [6.07, 6.45) is 0. The lowest BCUT2D eigenvalue weighted by Gasteiger charge is -2.14. The number of alkyl halides is 1. The number of hydrogen-bond donors (Lipinski definition) is 0. The van der Waals surface area contributed by atoms with Crippen molar-refractivity contribution in [3.8, 4) is 0 Å². The highest BCUT2D eigenvalue weighted by Gasteiger charge is 2.31. The van der Waals surface area contributed by atoms with Crippen LogP contribution in [-0.4, -0.2) is 27.6 Å². The molecule has 0 amide bonds. The fraction of sp³-hybridized carbons (Fsp3) is 1.00. The lowest BCUT2D eigenvalue weighted by atomic mass is 11.8. The molecule has 0 saturated heterocycles. The third-order valence-corrected chi connectivity index (χ3v) is 5.10. The smallest absolute Gasteiger partial charge is 0.386 e. The van der Waals surface area contributed by atoms with Crippen LogP contribution in [0.5, 0.6) is 0 Å². The zero-order valence-corrected chi connectivity index (χ0v) is 7.29. The van der Waals surface area contributed by atoms with Crippen LogP contribution in [0.2, 0.25) is 0 Å². The van der Waals surface area contributed by atoms with Crippen molar-refractivity contribution in [2.45, 2.75) is 0 Å². The van der Waals surface area contributed by atoms with Gasteiger partial charge >= 0.3 is 7.87 Å². The summed E-state index contributed by atoms with van der Waals surface area (Å²) in [5.74, 6) is 0. The molecule has 0 rings (SSSR count). The van der Waals surface area contributed by atoms with Crippen molar-refractivity contribution in [3.63, 3.8) is 0 Å². The van der Waals surface area contributed by atoms with Gasteiger partial charge < -0.3 is 8.85 Å². The van der Waals surface area contributed by atoms with Crippen LogP contribution in [-0.2, 0) is 8.85 Å². The van der Waals surface area contributed by atoms with E-state index in [4.69, 9.17) is 31.5 Å². The standard InChI is InChI=1S/C3H8Cl2O2Si/c1-6-8(5,3-4)7-2/h3H2,1-2H3. The molecule has 0 aliphatic carbocycles. The molecule has 0 aromatic carbocycles. The van der Waals surface area contributed by atoms with E-state index in [0.29, 0.717) is 0 Å². The Hall–Kier alpha value is 0.717. The molecule has 0 unspecified atom stereocenters. The summed E-state index contributed by atoms with van der Waals surface area (Å²) < 4.78 is 9.57. The molecule has 0 aromatic rings. The van der Waals surface area contributed by atoms with Crippen LogP contribution in [0.1, 0.15) is 0 Å². The van der Waals surface area contributed by atoms with Gasteiger partial charge in [0, 0.05) is 14.2 Å². The highest BCUT2D eigenvalue weighted by molar-refractivity contribution is 7.15. The minimum Gasteiger partial charge on any atom is -0.386 e. The van der Waals surface area contributed by atoms with Crippen LogP contribution in [0.4, 0.5) is 0 Å². The second kappa shape index (κ2) is 3.69. The molecule has 2 nitrogen and oxygen atoms in total. The lowest BCUT2D eigenvalue weighted by molar-refractivity contribution is 0.272. The molecular formula is C3H8Cl2O2Si. The van der Waals surface area contributed by atoms with Crippen molar-refractivity contribution in [2.75, 3.05) is 19.7 Å². The Morgan fingerprint density at radius 1 is 1.38 bits per heavy atom. The van der Waals surface area contributed by atoms with E-state index in [0.717, 1.165) is 0 Å². The third-order valence-electron chi connectivity index (χ3n) is 0.769. The Morgan fingerprint density at radius 3 is 1.75 bits per heavy atom. The summed E-state index contributed by atoms with van der Waals surface area (Å²) in [5.41, 5.74) is 0.252. The van der Waals surface area contributed by atoms with Crippen LogP contribution in [0.15, 0.2) is 0 Å². The Balaban J connectivity index is 3.58. The third kappa shape index (κ3) is 2.33. The first-order valence-corrected chi connectivity index (χ1v) is 5.60. The number of halogens is 2. The van der Waals surface area contributed by atoms with Gasteiger partial charge in [-0.05, 0) is 0 Å². The van der Waals surface area contributed by atoms with E-state index in [-0.39, 0.29) is 5.50 Å². The molecule has 0 atom stereocenters. The van der Waals surface area contributed by atoms with Gasteiger partial charge in [0.25, 0.3) is 0 Å². The van der Waals surface area contributed by atoms with E-state index in [2.05, 4.69) is 0 Å². The maximum atomic E-state index is 5.66. The van der Waals surface area contributed by atoms with E-state index in [1.807, 2.05) is 0 Å². The molecule has 0 fully saturated rings. The summed E-state index contributed by atoms with van der Waals surface area (Å²) >= 11 is 11.0. The predicted molar refractivity (Wildman–Crippen MR) is 36.3 cm³/mol. The van der Waals surface area contributed by atoms with Crippen molar-refractivity contribution in [1.29, 1.82) is 0 Å². The van der Waals surface area contributed by atoms with Gasteiger partial charge in [-0.25, -0.2) is 0 Å². The minimum atomic E-state index is -2.43. The van der Waals surface area contributed by atoms with Crippen molar-refractivity contribution >= 4 is 30.6 Å². The van der Waals surface area contributed by atoms with Crippen molar-refractivity contribution in [1.82, 2.24) is 0 Å². The molecule has 0 saturated carbocycles. The summed E-state index contributed by atoms with van der Waals surface area (Å²) in [6, 6.07) is 0. The van der Waals surface area contributed by atoms with Crippen LogP contribution in [0.3, 0.4) is 0 Å². The van der Waals surface area contributed by atoms with Crippen molar-refractivity contribution in [2.24, 2.45) is 0 Å².